The normalized spacial score (nSPS) is 23.7. The van der Waals surface area contributed by atoms with E-state index in [1.165, 1.54) is 6.07 Å². The highest BCUT2D eigenvalue weighted by atomic mass is 79.9. The van der Waals surface area contributed by atoms with E-state index in [4.69, 9.17) is 11.6 Å². The number of aromatic hydroxyl groups is 1. The number of phenols is 1. The van der Waals surface area contributed by atoms with Gasteiger partial charge >= 0.3 is 0 Å². The first-order chi connectivity index (χ1) is 10.4. The molecular formula is C17H17BrClFO2. The standard InChI is InChI=1S/C17H17BrClFO2/c1-2-3-5-17-6-4-12(21)14(18)13(17)9-7-11(20)16(22)15(19)10(9)8-17/h7,22H,2-6,8H2,1H3/t17-/m0/s1. The summed E-state index contributed by atoms with van der Waals surface area (Å²) in [5.74, 6) is -1.17. The predicted molar refractivity (Wildman–Crippen MR) is 88.8 cm³/mol. The summed E-state index contributed by atoms with van der Waals surface area (Å²) < 4.78 is 14.5. The molecule has 2 aliphatic rings. The Hall–Kier alpha value is -0.870. The molecule has 2 aliphatic carbocycles. The lowest BCUT2D eigenvalue weighted by atomic mass is 9.69. The fourth-order valence-corrected chi connectivity index (χ4v) is 4.87. The molecule has 2 nitrogen and oxygen atoms in total. The number of carbonyl (C=O) groups is 1. The first-order valence-electron chi connectivity index (χ1n) is 7.55. The summed E-state index contributed by atoms with van der Waals surface area (Å²) in [5, 5.41) is 9.86. The first-order valence-corrected chi connectivity index (χ1v) is 8.72. The van der Waals surface area contributed by atoms with Gasteiger partial charge in [0.1, 0.15) is 0 Å². The van der Waals surface area contributed by atoms with Gasteiger partial charge < -0.3 is 5.11 Å². The second kappa shape index (κ2) is 5.64. The summed E-state index contributed by atoms with van der Waals surface area (Å²) in [5.41, 5.74) is 2.15. The van der Waals surface area contributed by atoms with Crippen molar-refractivity contribution in [3.63, 3.8) is 0 Å². The number of phenolic OH excluding ortho intramolecular Hbond substituents is 1. The Morgan fingerprint density at radius 2 is 2.23 bits per heavy atom. The van der Waals surface area contributed by atoms with Crippen molar-refractivity contribution in [2.75, 3.05) is 0 Å². The maximum absolute atomic E-state index is 13.9. The molecule has 118 valence electrons. The van der Waals surface area contributed by atoms with E-state index in [0.717, 1.165) is 36.8 Å². The summed E-state index contributed by atoms with van der Waals surface area (Å²) in [6, 6.07) is 1.32. The summed E-state index contributed by atoms with van der Waals surface area (Å²) in [7, 11) is 0. The molecule has 0 saturated carbocycles. The number of rotatable bonds is 3. The summed E-state index contributed by atoms with van der Waals surface area (Å²) >= 11 is 9.60. The van der Waals surface area contributed by atoms with Gasteiger partial charge in [0.05, 0.1) is 9.51 Å². The zero-order valence-electron chi connectivity index (χ0n) is 12.3. The minimum absolute atomic E-state index is 0.0552. The van der Waals surface area contributed by atoms with Crippen LogP contribution in [0.1, 0.15) is 50.2 Å². The first kappa shape index (κ1) is 16.0. The number of fused-ring (bicyclic) bond motifs is 3. The van der Waals surface area contributed by atoms with Gasteiger partial charge in [-0.25, -0.2) is 4.39 Å². The molecule has 1 aromatic rings. The maximum Gasteiger partial charge on any atom is 0.170 e. The third-order valence-corrected chi connectivity index (χ3v) is 6.16. The van der Waals surface area contributed by atoms with Crippen LogP contribution < -0.4 is 0 Å². The van der Waals surface area contributed by atoms with Crippen molar-refractivity contribution in [3.8, 4) is 5.75 Å². The molecule has 0 unspecified atom stereocenters. The van der Waals surface area contributed by atoms with Crippen LogP contribution in [0.5, 0.6) is 5.75 Å². The van der Waals surface area contributed by atoms with Crippen LogP contribution in [-0.2, 0) is 11.2 Å². The zero-order valence-corrected chi connectivity index (χ0v) is 14.7. The van der Waals surface area contributed by atoms with Crippen LogP contribution in [0.25, 0.3) is 5.57 Å². The van der Waals surface area contributed by atoms with Crippen LogP contribution in [0, 0.1) is 11.2 Å². The van der Waals surface area contributed by atoms with Gasteiger partial charge in [-0.2, -0.15) is 0 Å². The summed E-state index contributed by atoms with van der Waals surface area (Å²) in [4.78, 5) is 12.1. The Morgan fingerprint density at radius 3 is 2.91 bits per heavy atom. The molecular weight excluding hydrogens is 371 g/mol. The van der Waals surface area contributed by atoms with Gasteiger partial charge in [-0.05, 0) is 58.0 Å². The van der Waals surface area contributed by atoms with E-state index in [1.54, 1.807) is 0 Å². The van der Waals surface area contributed by atoms with Gasteiger partial charge in [-0.15, -0.1) is 0 Å². The van der Waals surface area contributed by atoms with E-state index in [0.29, 0.717) is 22.9 Å². The van der Waals surface area contributed by atoms with Crippen molar-refractivity contribution in [1.82, 2.24) is 0 Å². The second-order valence-electron chi connectivity index (χ2n) is 6.22. The molecule has 0 saturated heterocycles. The molecule has 0 spiro atoms. The fourth-order valence-electron chi connectivity index (χ4n) is 3.78. The van der Waals surface area contributed by atoms with Crippen molar-refractivity contribution in [2.24, 2.45) is 5.41 Å². The van der Waals surface area contributed by atoms with Crippen LogP contribution in [0.2, 0.25) is 5.02 Å². The number of halogens is 3. The fraction of sp³-hybridized carbons (Fsp3) is 0.471. The van der Waals surface area contributed by atoms with Gasteiger partial charge in [0.15, 0.2) is 17.3 Å². The van der Waals surface area contributed by atoms with Crippen LogP contribution in [0.4, 0.5) is 4.39 Å². The van der Waals surface area contributed by atoms with Gasteiger partial charge in [-0.3, -0.25) is 4.79 Å². The third kappa shape index (κ3) is 2.23. The summed E-state index contributed by atoms with van der Waals surface area (Å²) in [6.45, 7) is 2.13. The summed E-state index contributed by atoms with van der Waals surface area (Å²) in [6.07, 6.45) is 4.95. The average Bonchev–Trinajstić information content (AvgIpc) is 2.82. The Kier molecular flexibility index (Phi) is 4.11. The van der Waals surface area contributed by atoms with Gasteiger partial charge in [0, 0.05) is 11.8 Å². The van der Waals surface area contributed by atoms with E-state index in [9.17, 15) is 14.3 Å². The largest absolute Gasteiger partial charge is 0.504 e. The molecule has 22 heavy (non-hydrogen) atoms. The lowest BCUT2D eigenvalue weighted by molar-refractivity contribution is -0.115. The van der Waals surface area contributed by atoms with Crippen molar-refractivity contribution in [2.45, 2.75) is 45.4 Å². The molecule has 0 radical (unpaired) electrons. The van der Waals surface area contributed by atoms with Crippen LogP contribution >= 0.6 is 27.5 Å². The monoisotopic (exact) mass is 386 g/mol. The molecule has 0 aliphatic heterocycles. The van der Waals surface area contributed by atoms with E-state index in [-0.39, 0.29) is 16.2 Å². The number of carbonyl (C=O) groups excluding carboxylic acids is 1. The van der Waals surface area contributed by atoms with Crippen molar-refractivity contribution in [3.05, 3.63) is 32.5 Å². The highest BCUT2D eigenvalue weighted by Gasteiger charge is 2.47. The quantitative estimate of drug-likeness (QED) is 0.755. The number of Topliss-reactive ketones (excluding diaryl/α,β-unsaturated/α-hetero) is 1. The number of unbranched alkanes of at least 4 members (excludes halogenated alkanes) is 1. The van der Waals surface area contributed by atoms with Crippen LogP contribution in [0.3, 0.4) is 0 Å². The maximum atomic E-state index is 13.9. The van der Waals surface area contributed by atoms with Crippen molar-refractivity contribution >= 4 is 38.9 Å². The topological polar surface area (TPSA) is 37.3 Å². The number of ketones is 1. The number of benzene rings is 1. The lowest BCUT2D eigenvalue weighted by Gasteiger charge is -2.35. The Bertz CT molecular complexity index is 698. The molecule has 0 fully saturated rings. The van der Waals surface area contributed by atoms with E-state index < -0.39 is 11.6 Å². The minimum atomic E-state index is -0.735. The van der Waals surface area contributed by atoms with Gasteiger partial charge in [0.2, 0.25) is 0 Å². The van der Waals surface area contributed by atoms with Crippen molar-refractivity contribution < 1.29 is 14.3 Å². The molecule has 0 heterocycles. The molecule has 0 bridgehead atoms. The molecule has 1 atom stereocenters. The second-order valence-corrected chi connectivity index (χ2v) is 7.39. The molecule has 1 aromatic carbocycles. The number of hydrogen-bond donors (Lipinski definition) is 1. The Morgan fingerprint density at radius 1 is 1.50 bits per heavy atom. The van der Waals surface area contributed by atoms with Gasteiger partial charge in [0.25, 0.3) is 0 Å². The number of hydrogen-bond acceptors (Lipinski definition) is 2. The molecule has 5 heteroatoms. The third-order valence-electron chi connectivity index (χ3n) is 4.91. The number of allylic oxidation sites excluding steroid dienone is 2. The van der Waals surface area contributed by atoms with E-state index in [1.807, 2.05) is 0 Å². The van der Waals surface area contributed by atoms with E-state index >= 15 is 0 Å². The smallest absolute Gasteiger partial charge is 0.170 e. The highest BCUT2D eigenvalue weighted by molar-refractivity contribution is 9.12. The Balaban J connectivity index is 2.23. The SMILES string of the molecule is CCCC[C@@]12CCC(=O)C(Br)=C1c1cc(F)c(O)c(Cl)c1C2. The van der Waals surface area contributed by atoms with Crippen molar-refractivity contribution in [1.29, 1.82) is 0 Å². The average molecular weight is 388 g/mol. The minimum Gasteiger partial charge on any atom is -0.504 e. The predicted octanol–water partition coefficient (Wildman–Crippen LogP) is 5.39. The molecule has 1 N–H and O–H groups in total. The highest BCUT2D eigenvalue weighted by Crippen LogP contribution is 2.59. The van der Waals surface area contributed by atoms with Gasteiger partial charge in [-0.1, -0.05) is 31.4 Å². The van der Waals surface area contributed by atoms with E-state index in [2.05, 4.69) is 22.9 Å². The Labute approximate surface area is 142 Å². The van der Waals surface area contributed by atoms with Crippen LogP contribution in [0.15, 0.2) is 10.5 Å². The molecule has 0 aromatic heterocycles. The molecule has 0 amide bonds. The lowest BCUT2D eigenvalue weighted by Crippen LogP contribution is -2.27. The van der Waals surface area contributed by atoms with Crippen LogP contribution in [-0.4, -0.2) is 10.9 Å². The molecule has 3 rings (SSSR count). The zero-order chi connectivity index (χ0) is 16.1.